The highest BCUT2D eigenvalue weighted by atomic mass is 32.2. The first-order valence-corrected chi connectivity index (χ1v) is 7.74. The summed E-state index contributed by atoms with van der Waals surface area (Å²) in [5.74, 6) is 0. The number of nitrogens with zero attached hydrogens (tertiary/aromatic N) is 3. The molecular formula is C11H28N4O2S. The van der Waals surface area contributed by atoms with Gasteiger partial charge in [-0.25, -0.2) is 0 Å². The van der Waals surface area contributed by atoms with Crippen LogP contribution in [0.15, 0.2) is 0 Å². The number of nitrogens with two attached hydrogens (primary N) is 1. The molecule has 1 unspecified atom stereocenters. The second-order valence-electron chi connectivity index (χ2n) is 4.79. The molecule has 0 aromatic heterocycles. The molecule has 110 valence electrons. The van der Waals surface area contributed by atoms with Crippen molar-refractivity contribution in [2.24, 2.45) is 5.73 Å². The highest BCUT2D eigenvalue weighted by Crippen LogP contribution is 2.11. The summed E-state index contributed by atoms with van der Waals surface area (Å²) < 4.78 is 27.7. The van der Waals surface area contributed by atoms with Crippen LogP contribution >= 0.6 is 0 Å². The summed E-state index contributed by atoms with van der Waals surface area (Å²) in [7, 11) is 2.10. The van der Waals surface area contributed by atoms with E-state index >= 15 is 0 Å². The zero-order valence-electron chi connectivity index (χ0n) is 12.3. The van der Waals surface area contributed by atoms with Crippen LogP contribution in [0.25, 0.3) is 0 Å². The number of hydrogen-bond donors (Lipinski definition) is 1. The van der Waals surface area contributed by atoms with Gasteiger partial charge in [-0.3, -0.25) is 0 Å². The van der Waals surface area contributed by atoms with Crippen LogP contribution in [0.5, 0.6) is 0 Å². The molecular weight excluding hydrogens is 252 g/mol. The SMILES string of the molecule is CCN(C(C)CN(C)C)S(=O)(=O)N(C)CCCN. The Labute approximate surface area is 112 Å². The molecule has 0 aliphatic rings. The van der Waals surface area contributed by atoms with Crippen LogP contribution in [0.4, 0.5) is 0 Å². The van der Waals surface area contributed by atoms with E-state index in [-0.39, 0.29) is 6.04 Å². The van der Waals surface area contributed by atoms with Crippen molar-refractivity contribution in [3.8, 4) is 0 Å². The van der Waals surface area contributed by atoms with Crippen LogP contribution in [0.3, 0.4) is 0 Å². The summed E-state index contributed by atoms with van der Waals surface area (Å²) in [6.07, 6.45) is 0.676. The lowest BCUT2D eigenvalue weighted by Gasteiger charge is -2.32. The lowest BCUT2D eigenvalue weighted by Crippen LogP contribution is -2.49. The molecule has 0 fully saturated rings. The van der Waals surface area contributed by atoms with Gasteiger partial charge in [0.25, 0.3) is 10.2 Å². The van der Waals surface area contributed by atoms with Crippen LogP contribution in [-0.4, -0.2) is 75.3 Å². The Balaban J connectivity index is 4.80. The second-order valence-corrected chi connectivity index (χ2v) is 6.77. The van der Waals surface area contributed by atoms with Crippen molar-refractivity contribution in [2.75, 3.05) is 47.3 Å². The predicted molar refractivity (Wildman–Crippen MR) is 75.6 cm³/mol. The van der Waals surface area contributed by atoms with E-state index in [0.29, 0.717) is 32.6 Å². The van der Waals surface area contributed by atoms with E-state index in [0.717, 1.165) is 0 Å². The second kappa shape index (κ2) is 8.06. The first-order valence-electron chi connectivity index (χ1n) is 6.35. The minimum atomic E-state index is -3.38. The molecule has 0 aromatic rings. The maximum atomic E-state index is 12.4. The van der Waals surface area contributed by atoms with Crippen molar-refractivity contribution >= 4 is 10.2 Å². The molecule has 0 spiro atoms. The van der Waals surface area contributed by atoms with Crippen LogP contribution in [-0.2, 0) is 10.2 Å². The summed E-state index contributed by atoms with van der Waals surface area (Å²) in [5, 5.41) is 0. The van der Waals surface area contributed by atoms with E-state index in [1.807, 2.05) is 32.8 Å². The van der Waals surface area contributed by atoms with Crippen LogP contribution in [0.1, 0.15) is 20.3 Å². The standard InChI is InChI=1S/C11H28N4O2S/c1-6-15(11(2)10-13(3)4)18(16,17)14(5)9-7-8-12/h11H,6-10,12H2,1-5H3. The summed E-state index contributed by atoms with van der Waals surface area (Å²) in [6.45, 7) is 5.93. The van der Waals surface area contributed by atoms with E-state index in [1.165, 1.54) is 8.61 Å². The van der Waals surface area contributed by atoms with Crippen LogP contribution < -0.4 is 5.73 Å². The first kappa shape index (κ1) is 17.8. The molecule has 0 aliphatic carbocycles. The fourth-order valence-electron chi connectivity index (χ4n) is 1.93. The van der Waals surface area contributed by atoms with E-state index in [2.05, 4.69) is 0 Å². The molecule has 0 saturated carbocycles. The quantitative estimate of drug-likeness (QED) is 0.634. The molecule has 0 aliphatic heterocycles. The van der Waals surface area contributed by atoms with Crippen molar-refractivity contribution in [2.45, 2.75) is 26.3 Å². The summed E-state index contributed by atoms with van der Waals surface area (Å²) >= 11 is 0. The molecule has 0 amide bonds. The Hall–Kier alpha value is -0.210. The normalized spacial score (nSPS) is 14.7. The highest BCUT2D eigenvalue weighted by Gasteiger charge is 2.29. The summed E-state index contributed by atoms with van der Waals surface area (Å²) in [4.78, 5) is 1.99. The van der Waals surface area contributed by atoms with Gasteiger partial charge in [-0.15, -0.1) is 0 Å². The number of rotatable bonds is 9. The zero-order valence-corrected chi connectivity index (χ0v) is 13.1. The van der Waals surface area contributed by atoms with Gasteiger partial charge in [0, 0.05) is 32.7 Å². The van der Waals surface area contributed by atoms with Gasteiger partial charge in [0.1, 0.15) is 0 Å². The lowest BCUT2D eigenvalue weighted by molar-refractivity contribution is 0.257. The van der Waals surface area contributed by atoms with Gasteiger partial charge in [-0.05, 0) is 34.0 Å². The molecule has 1 atom stereocenters. The maximum Gasteiger partial charge on any atom is 0.282 e. The molecule has 0 radical (unpaired) electrons. The smallest absolute Gasteiger partial charge is 0.282 e. The van der Waals surface area contributed by atoms with E-state index in [9.17, 15) is 8.42 Å². The third kappa shape index (κ3) is 5.19. The molecule has 0 rings (SSSR count). The van der Waals surface area contributed by atoms with Gasteiger partial charge in [-0.1, -0.05) is 6.92 Å². The van der Waals surface area contributed by atoms with Crippen molar-refractivity contribution in [3.05, 3.63) is 0 Å². The Bertz CT molecular complexity index is 319. The Morgan fingerprint density at radius 2 is 1.78 bits per heavy atom. The molecule has 2 N–H and O–H groups in total. The van der Waals surface area contributed by atoms with E-state index < -0.39 is 10.2 Å². The summed E-state index contributed by atoms with van der Waals surface area (Å²) in [5.41, 5.74) is 5.41. The summed E-state index contributed by atoms with van der Waals surface area (Å²) in [6, 6.07) is -0.0460. The van der Waals surface area contributed by atoms with E-state index in [1.54, 1.807) is 7.05 Å². The average molecular weight is 280 g/mol. The molecule has 0 bridgehead atoms. The van der Waals surface area contributed by atoms with Crippen molar-refractivity contribution < 1.29 is 8.42 Å². The third-order valence-electron chi connectivity index (χ3n) is 2.80. The fourth-order valence-corrected chi connectivity index (χ4v) is 3.50. The lowest BCUT2D eigenvalue weighted by atomic mass is 10.3. The predicted octanol–water partition coefficient (Wildman–Crippen LogP) is -0.216. The van der Waals surface area contributed by atoms with Gasteiger partial charge in [0.15, 0.2) is 0 Å². The Morgan fingerprint density at radius 3 is 2.17 bits per heavy atom. The largest absolute Gasteiger partial charge is 0.330 e. The van der Waals surface area contributed by atoms with E-state index in [4.69, 9.17) is 5.73 Å². The highest BCUT2D eigenvalue weighted by molar-refractivity contribution is 7.86. The number of likely N-dealkylation sites (N-methyl/N-ethyl adjacent to an activating group) is 2. The van der Waals surface area contributed by atoms with Crippen molar-refractivity contribution in [1.29, 1.82) is 0 Å². The first-order chi connectivity index (χ1) is 8.27. The van der Waals surface area contributed by atoms with Gasteiger partial charge in [-0.2, -0.15) is 17.0 Å². The third-order valence-corrected chi connectivity index (χ3v) is 4.98. The molecule has 18 heavy (non-hydrogen) atoms. The molecule has 0 aromatic carbocycles. The fraction of sp³-hybridized carbons (Fsp3) is 1.00. The van der Waals surface area contributed by atoms with Crippen LogP contribution in [0, 0.1) is 0 Å². The molecule has 6 nitrogen and oxygen atoms in total. The van der Waals surface area contributed by atoms with Crippen LogP contribution in [0.2, 0.25) is 0 Å². The molecule has 7 heteroatoms. The van der Waals surface area contributed by atoms with Crippen molar-refractivity contribution in [3.63, 3.8) is 0 Å². The zero-order chi connectivity index (χ0) is 14.3. The van der Waals surface area contributed by atoms with Gasteiger partial charge in [0.2, 0.25) is 0 Å². The average Bonchev–Trinajstić information content (AvgIpc) is 2.25. The number of hydrogen-bond acceptors (Lipinski definition) is 4. The Kier molecular flexibility index (Phi) is 7.97. The van der Waals surface area contributed by atoms with Gasteiger partial charge < -0.3 is 10.6 Å². The van der Waals surface area contributed by atoms with Crippen molar-refractivity contribution in [1.82, 2.24) is 13.5 Å². The molecule has 0 saturated heterocycles. The maximum absolute atomic E-state index is 12.4. The monoisotopic (exact) mass is 280 g/mol. The molecule has 0 heterocycles. The van der Waals surface area contributed by atoms with Gasteiger partial charge in [0.05, 0.1) is 0 Å². The Morgan fingerprint density at radius 1 is 1.22 bits per heavy atom. The minimum Gasteiger partial charge on any atom is -0.330 e. The minimum absolute atomic E-state index is 0.0460. The topological polar surface area (TPSA) is 69.9 Å². The van der Waals surface area contributed by atoms with Gasteiger partial charge >= 0.3 is 0 Å².